The van der Waals surface area contributed by atoms with Crippen LogP contribution in [-0.2, 0) is 4.79 Å². The predicted molar refractivity (Wildman–Crippen MR) is 83.5 cm³/mol. The molecule has 0 atom stereocenters. The van der Waals surface area contributed by atoms with E-state index in [2.05, 4.69) is 10.6 Å². The molecule has 2 aromatic rings. The van der Waals surface area contributed by atoms with Gasteiger partial charge in [-0.15, -0.1) is 0 Å². The van der Waals surface area contributed by atoms with Crippen LogP contribution in [0.5, 0.6) is 0 Å². The number of rotatable bonds is 4. The Morgan fingerprint density at radius 2 is 1.78 bits per heavy atom. The number of anilines is 2. The van der Waals surface area contributed by atoms with Crippen molar-refractivity contribution < 1.29 is 13.6 Å². The van der Waals surface area contributed by atoms with Gasteiger partial charge in [0.1, 0.15) is 29.0 Å². The number of nitrogens with zero attached hydrogens (tertiary/aromatic N) is 1. The van der Waals surface area contributed by atoms with Gasteiger partial charge in [-0.05, 0) is 30.7 Å². The third-order valence-electron chi connectivity index (χ3n) is 3.08. The largest absolute Gasteiger partial charge is 0.355 e. The van der Waals surface area contributed by atoms with E-state index in [0.717, 1.165) is 23.9 Å². The first-order chi connectivity index (χ1) is 11.0. The van der Waals surface area contributed by atoms with Gasteiger partial charge in [0.05, 0.1) is 0 Å². The van der Waals surface area contributed by atoms with Crippen molar-refractivity contribution in [2.24, 2.45) is 0 Å². The number of nitrogens with one attached hydrogen (secondary N) is 2. The van der Waals surface area contributed by atoms with Gasteiger partial charge in [0.15, 0.2) is 0 Å². The van der Waals surface area contributed by atoms with Crippen molar-refractivity contribution in [3.8, 4) is 6.07 Å². The topological polar surface area (TPSA) is 64.9 Å². The number of nitriles is 1. The number of carbonyl (C=O) groups is 1. The molecule has 0 radical (unpaired) electrons. The first kappa shape index (κ1) is 16.2. The monoisotopic (exact) mass is 313 g/mol. The van der Waals surface area contributed by atoms with Crippen molar-refractivity contribution in [3.63, 3.8) is 0 Å². The van der Waals surface area contributed by atoms with Gasteiger partial charge in [-0.25, -0.2) is 8.78 Å². The molecule has 0 aromatic heterocycles. The average Bonchev–Trinajstić information content (AvgIpc) is 2.52. The summed E-state index contributed by atoms with van der Waals surface area (Å²) in [6.07, 6.45) is 0.967. The Hall–Kier alpha value is -3.20. The lowest BCUT2D eigenvalue weighted by Crippen LogP contribution is -2.15. The van der Waals surface area contributed by atoms with Crippen molar-refractivity contribution in [3.05, 3.63) is 71.4 Å². The highest BCUT2D eigenvalue weighted by atomic mass is 19.1. The van der Waals surface area contributed by atoms with Crippen LogP contribution >= 0.6 is 0 Å². The van der Waals surface area contributed by atoms with Crippen LogP contribution in [0.15, 0.2) is 54.2 Å². The summed E-state index contributed by atoms with van der Waals surface area (Å²) in [7, 11) is 0. The molecule has 0 spiro atoms. The van der Waals surface area contributed by atoms with Gasteiger partial charge in [-0.3, -0.25) is 4.79 Å². The normalized spacial score (nSPS) is 10.8. The summed E-state index contributed by atoms with van der Waals surface area (Å²) >= 11 is 0. The minimum Gasteiger partial charge on any atom is -0.355 e. The Labute approximate surface area is 132 Å². The standard InChI is InChI=1S/C17H13F2N3O/c1-11-5-2-3-8-15(11)22-17(23)12(9-20)10-21-16-13(18)6-4-7-14(16)19/h2-8,10,21H,1H3,(H,22,23)/b12-10-. The second-order valence-corrected chi connectivity index (χ2v) is 4.68. The van der Waals surface area contributed by atoms with Gasteiger partial charge >= 0.3 is 0 Å². The Morgan fingerprint density at radius 1 is 1.13 bits per heavy atom. The summed E-state index contributed by atoms with van der Waals surface area (Å²) in [5, 5.41) is 13.9. The molecule has 0 aliphatic carbocycles. The van der Waals surface area contributed by atoms with Crippen molar-refractivity contribution >= 4 is 17.3 Å². The zero-order chi connectivity index (χ0) is 16.8. The summed E-state index contributed by atoms with van der Waals surface area (Å²) in [5.41, 5.74) is 0.641. The fraction of sp³-hybridized carbons (Fsp3) is 0.0588. The molecule has 4 nitrogen and oxygen atoms in total. The predicted octanol–water partition coefficient (Wildman–Crippen LogP) is 3.73. The Morgan fingerprint density at radius 3 is 2.39 bits per heavy atom. The van der Waals surface area contributed by atoms with E-state index < -0.39 is 23.2 Å². The Kier molecular flexibility index (Phi) is 5.05. The van der Waals surface area contributed by atoms with Gasteiger partial charge in [0.25, 0.3) is 5.91 Å². The van der Waals surface area contributed by atoms with Gasteiger partial charge in [-0.1, -0.05) is 24.3 Å². The van der Waals surface area contributed by atoms with Gasteiger partial charge in [-0.2, -0.15) is 5.26 Å². The molecule has 0 heterocycles. The van der Waals surface area contributed by atoms with Crippen molar-refractivity contribution in [1.29, 1.82) is 5.26 Å². The van der Waals surface area contributed by atoms with E-state index in [0.29, 0.717) is 5.69 Å². The molecule has 2 aromatic carbocycles. The van der Waals surface area contributed by atoms with Crippen LogP contribution in [0.1, 0.15) is 5.56 Å². The van der Waals surface area contributed by atoms with E-state index in [1.165, 1.54) is 6.07 Å². The zero-order valence-corrected chi connectivity index (χ0v) is 12.2. The first-order valence-electron chi connectivity index (χ1n) is 6.70. The molecule has 23 heavy (non-hydrogen) atoms. The molecule has 0 aliphatic rings. The van der Waals surface area contributed by atoms with Crippen LogP contribution in [0.3, 0.4) is 0 Å². The second kappa shape index (κ2) is 7.18. The average molecular weight is 313 g/mol. The fourth-order valence-corrected chi connectivity index (χ4v) is 1.83. The molecule has 1 amide bonds. The van der Waals surface area contributed by atoms with E-state index in [-0.39, 0.29) is 5.57 Å². The lowest BCUT2D eigenvalue weighted by atomic mass is 10.2. The lowest BCUT2D eigenvalue weighted by molar-refractivity contribution is -0.112. The number of amides is 1. The van der Waals surface area contributed by atoms with E-state index in [1.807, 2.05) is 6.07 Å². The van der Waals surface area contributed by atoms with E-state index in [4.69, 9.17) is 5.26 Å². The summed E-state index contributed by atoms with van der Waals surface area (Å²) in [6.45, 7) is 1.80. The van der Waals surface area contributed by atoms with E-state index >= 15 is 0 Å². The van der Waals surface area contributed by atoms with Crippen LogP contribution in [-0.4, -0.2) is 5.91 Å². The summed E-state index contributed by atoms with van der Waals surface area (Å²) < 4.78 is 27.0. The van der Waals surface area contributed by atoms with Crippen LogP contribution in [0, 0.1) is 29.9 Å². The van der Waals surface area contributed by atoms with Crippen molar-refractivity contribution in [2.45, 2.75) is 6.92 Å². The maximum Gasteiger partial charge on any atom is 0.267 e. The van der Waals surface area contributed by atoms with Crippen molar-refractivity contribution in [1.82, 2.24) is 0 Å². The Balaban J connectivity index is 2.18. The van der Waals surface area contributed by atoms with Crippen LogP contribution in [0.25, 0.3) is 0 Å². The minimum absolute atomic E-state index is 0.309. The molecule has 0 fully saturated rings. The van der Waals surface area contributed by atoms with Crippen LogP contribution in [0.2, 0.25) is 0 Å². The highest BCUT2D eigenvalue weighted by Gasteiger charge is 2.12. The van der Waals surface area contributed by atoms with Gasteiger partial charge in [0.2, 0.25) is 0 Å². The van der Waals surface area contributed by atoms with E-state index in [1.54, 1.807) is 31.2 Å². The molecule has 2 rings (SSSR count). The molecule has 0 saturated heterocycles. The number of aryl methyl sites for hydroxylation is 1. The fourth-order valence-electron chi connectivity index (χ4n) is 1.83. The quantitative estimate of drug-likeness (QED) is 0.667. The molecule has 0 saturated carbocycles. The Bertz CT molecular complexity index is 789. The molecular weight excluding hydrogens is 300 g/mol. The molecule has 2 N–H and O–H groups in total. The zero-order valence-electron chi connectivity index (χ0n) is 12.2. The highest BCUT2D eigenvalue weighted by Crippen LogP contribution is 2.19. The van der Waals surface area contributed by atoms with Crippen molar-refractivity contribution in [2.75, 3.05) is 10.6 Å². The van der Waals surface area contributed by atoms with Crippen LogP contribution < -0.4 is 10.6 Å². The third kappa shape index (κ3) is 3.92. The molecule has 6 heteroatoms. The highest BCUT2D eigenvalue weighted by molar-refractivity contribution is 6.07. The number of benzene rings is 2. The molecule has 116 valence electrons. The number of halogens is 2. The maximum absolute atomic E-state index is 13.5. The lowest BCUT2D eigenvalue weighted by Gasteiger charge is -2.08. The number of hydrogen-bond donors (Lipinski definition) is 2. The first-order valence-corrected chi connectivity index (χ1v) is 6.70. The molecular formula is C17H13F2N3O. The minimum atomic E-state index is -0.821. The second-order valence-electron chi connectivity index (χ2n) is 4.68. The molecule has 0 aliphatic heterocycles. The molecule has 0 unspecified atom stereocenters. The third-order valence-corrected chi connectivity index (χ3v) is 3.08. The summed E-state index contributed by atoms with van der Waals surface area (Å²) in [5.74, 6) is -2.32. The molecule has 0 bridgehead atoms. The summed E-state index contributed by atoms with van der Waals surface area (Å²) in [6, 6.07) is 12.1. The number of para-hydroxylation sites is 2. The maximum atomic E-state index is 13.5. The van der Waals surface area contributed by atoms with Crippen LogP contribution in [0.4, 0.5) is 20.2 Å². The number of hydrogen-bond acceptors (Lipinski definition) is 3. The summed E-state index contributed by atoms with van der Waals surface area (Å²) in [4.78, 5) is 12.1. The van der Waals surface area contributed by atoms with Gasteiger partial charge < -0.3 is 10.6 Å². The number of carbonyl (C=O) groups excluding carboxylic acids is 1. The smallest absolute Gasteiger partial charge is 0.267 e. The van der Waals surface area contributed by atoms with E-state index in [9.17, 15) is 13.6 Å². The van der Waals surface area contributed by atoms with Gasteiger partial charge in [0, 0.05) is 11.9 Å². The SMILES string of the molecule is Cc1ccccc1NC(=O)/C(C#N)=C\Nc1c(F)cccc1F.